The number of hydrogen-bond donors (Lipinski definition) is 0. The molecule has 0 fully saturated rings. The van der Waals surface area contributed by atoms with E-state index in [-0.39, 0.29) is 5.56 Å². The highest BCUT2D eigenvalue weighted by Gasteiger charge is 2.10. The lowest BCUT2D eigenvalue weighted by atomic mass is 10.1. The number of rotatable bonds is 4. The molecule has 0 N–H and O–H groups in total. The quantitative estimate of drug-likeness (QED) is 0.851. The van der Waals surface area contributed by atoms with Crippen LogP contribution >= 0.6 is 11.6 Å². The highest BCUT2D eigenvalue weighted by Crippen LogP contribution is 2.16. The summed E-state index contributed by atoms with van der Waals surface area (Å²) in [6.07, 6.45) is 0. The fourth-order valence-corrected chi connectivity index (χ4v) is 2.16. The zero-order chi connectivity index (χ0) is 14.5. The third-order valence-corrected chi connectivity index (χ3v) is 3.26. The van der Waals surface area contributed by atoms with Gasteiger partial charge in [0.2, 0.25) is 0 Å². The van der Waals surface area contributed by atoms with Gasteiger partial charge in [0.05, 0.1) is 5.56 Å². The molecule has 4 heteroatoms. The normalized spacial score (nSPS) is 10.6. The molecule has 0 spiro atoms. The Balaban J connectivity index is 2.07. The van der Waals surface area contributed by atoms with Crippen molar-refractivity contribution >= 4 is 11.6 Å². The Morgan fingerprint density at radius 1 is 1.15 bits per heavy atom. The van der Waals surface area contributed by atoms with Crippen LogP contribution in [0.5, 0.6) is 0 Å². The molecular formula is C16H14ClFN2. The molecule has 0 unspecified atom stereocenters. The van der Waals surface area contributed by atoms with Crippen molar-refractivity contribution in [2.75, 3.05) is 7.05 Å². The SMILES string of the molecule is CN(Cc1ccc(Cl)cc1)Cc1cccc(C#N)c1F. The molecule has 0 saturated heterocycles. The average molecular weight is 289 g/mol. The number of nitrogens with zero attached hydrogens (tertiary/aromatic N) is 2. The van der Waals surface area contributed by atoms with E-state index in [4.69, 9.17) is 16.9 Å². The first kappa shape index (κ1) is 14.5. The fraction of sp³-hybridized carbons (Fsp3) is 0.188. The van der Waals surface area contributed by atoms with Crippen LogP contribution in [0.15, 0.2) is 42.5 Å². The molecule has 0 amide bonds. The van der Waals surface area contributed by atoms with Gasteiger partial charge in [0.25, 0.3) is 0 Å². The van der Waals surface area contributed by atoms with Crippen molar-refractivity contribution in [1.29, 1.82) is 5.26 Å². The number of halogens is 2. The smallest absolute Gasteiger partial charge is 0.145 e. The summed E-state index contributed by atoms with van der Waals surface area (Å²) in [6, 6.07) is 14.3. The molecule has 2 aromatic rings. The predicted octanol–water partition coefficient (Wildman–Crippen LogP) is 3.98. The number of benzene rings is 2. The second kappa shape index (κ2) is 6.51. The Morgan fingerprint density at radius 3 is 2.50 bits per heavy atom. The van der Waals surface area contributed by atoms with Crippen LogP contribution in [0, 0.1) is 17.1 Å². The van der Waals surface area contributed by atoms with Crippen LogP contribution in [-0.4, -0.2) is 11.9 Å². The van der Waals surface area contributed by atoms with E-state index in [0.717, 1.165) is 5.56 Å². The molecule has 0 bridgehead atoms. The van der Waals surface area contributed by atoms with Crippen molar-refractivity contribution in [2.24, 2.45) is 0 Å². The summed E-state index contributed by atoms with van der Waals surface area (Å²) in [6.45, 7) is 1.14. The average Bonchev–Trinajstić information content (AvgIpc) is 2.44. The first-order chi connectivity index (χ1) is 9.60. The van der Waals surface area contributed by atoms with Crippen molar-refractivity contribution in [1.82, 2.24) is 4.90 Å². The molecule has 0 radical (unpaired) electrons. The van der Waals surface area contributed by atoms with Crippen molar-refractivity contribution in [3.63, 3.8) is 0 Å². The van der Waals surface area contributed by atoms with Gasteiger partial charge in [0.1, 0.15) is 11.9 Å². The maximum Gasteiger partial charge on any atom is 0.145 e. The topological polar surface area (TPSA) is 27.0 Å². The first-order valence-corrected chi connectivity index (χ1v) is 6.58. The monoisotopic (exact) mass is 288 g/mol. The molecular weight excluding hydrogens is 275 g/mol. The van der Waals surface area contributed by atoms with Gasteiger partial charge in [-0.05, 0) is 30.8 Å². The highest BCUT2D eigenvalue weighted by molar-refractivity contribution is 6.30. The van der Waals surface area contributed by atoms with Crippen LogP contribution in [0.2, 0.25) is 5.02 Å². The predicted molar refractivity (Wildman–Crippen MR) is 77.7 cm³/mol. The maximum atomic E-state index is 14.0. The van der Waals surface area contributed by atoms with E-state index < -0.39 is 5.82 Å². The van der Waals surface area contributed by atoms with Gasteiger partial charge < -0.3 is 0 Å². The Hall–Kier alpha value is -1.89. The minimum absolute atomic E-state index is 0.0855. The largest absolute Gasteiger partial charge is 0.298 e. The van der Waals surface area contributed by atoms with Gasteiger partial charge in [-0.1, -0.05) is 35.9 Å². The van der Waals surface area contributed by atoms with Gasteiger partial charge in [-0.2, -0.15) is 5.26 Å². The number of hydrogen-bond acceptors (Lipinski definition) is 2. The minimum Gasteiger partial charge on any atom is -0.298 e. The van der Waals surface area contributed by atoms with Crippen LogP contribution in [0.4, 0.5) is 4.39 Å². The van der Waals surface area contributed by atoms with E-state index in [0.29, 0.717) is 23.7 Å². The molecule has 0 heterocycles. The van der Waals surface area contributed by atoms with Gasteiger partial charge in [0, 0.05) is 23.7 Å². The van der Waals surface area contributed by atoms with Crippen molar-refractivity contribution in [3.8, 4) is 6.07 Å². The molecule has 0 aliphatic carbocycles. The molecule has 0 aliphatic rings. The molecule has 2 aromatic carbocycles. The van der Waals surface area contributed by atoms with Crippen LogP contribution in [0.1, 0.15) is 16.7 Å². The van der Waals surface area contributed by atoms with E-state index in [1.165, 1.54) is 6.07 Å². The third kappa shape index (κ3) is 3.57. The molecule has 2 rings (SSSR count). The highest BCUT2D eigenvalue weighted by atomic mass is 35.5. The first-order valence-electron chi connectivity index (χ1n) is 6.20. The van der Waals surface area contributed by atoms with Gasteiger partial charge >= 0.3 is 0 Å². The summed E-state index contributed by atoms with van der Waals surface area (Å²) in [5.41, 5.74) is 1.72. The standard InChI is InChI=1S/C16H14ClFN2/c1-20(10-12-5-7-15(17)8-6-12)11-14-4-2-3-13(9-19)16(14)18/h2-8H,10-11H2,1H3. The molecule has 2 nitrogen and oxygen atoms in total. The van der Waals surface area contributed by atoms with Gasteiger partial charge in [-0.3, -0.25) is 4.90 Å². The zero-order valence-electron chi connectivity index (χ0n) is 11.1. The van der Waals surface area contributed by atoms with E-state index in [9.17, 15) is 4.39 Å². The molecule has 0 atom stereocenters. The van der Waals surface area contributed by atoms with Crippen LogP contribution < -0.4 is 0 Å². The lowest BCUT2D eigenvalue weighted by molar-refractivity contribution is 0.313. The Morgan fingerprint density at radius 2 is 1.85 bits per heavy atom. The zero-order valence-corrected chi connectivity index (χ0v) is 11.9. The Labute approximate surface area is 123 Å². The van der Waals surface area contributed by atoms with Crippen molar-refractivity contribution in [3.05, 3.63) is 70.0 Å². The van der Waals surface area contributed by atoms with Crippen LogP contribution in [0.3, 0.4) is 0 Å². The van der Waals surface area contributed by atoms with Crippen molar-refractivity contribution < 1.29 is 4.39 Å². The van der Waals surface area contributed by atoms with Crippen molar-refractivity contribution in [2.45, 2.75) is 13.1 Å². The van der Waals surface area contributed by atoms with Gasteiger partial charge in [-0.25, -0.2) is 4.39 Å². The summed E-state index contributed by atoms with van der Waals surface area (Å²) in [5, 5.41) is 9.52. The second-order valence-corrected chi connectivity index (χ2v) is 5.13. The minimum atomic E-state index is -0.432. The molecule has 0 saturated carbocycles. The molecule has 102 valence electrons. The lowest BCUT2D eigenvalue weighted by Crippen LogP contribution is -2.18. The summed E-state index contributed by atoms with van der Waals surface area (Å²) < 4.78 is 14.0. The van der Waals surface area contributed by atoms with E-state index in [1.807, 2.05) is 42.3 Å². The van der Waals surface area contributed by atoms with Crippen LogP contribution in [0.25, 0.3) is 0 Å². The van der Waals surface area contributed by atoms with E-state index >= 15 is 0 Å². The van der Waals surface area contributed by atoms with E-state index in [2.05, 4.69) is 0 Å². The molecule has 0 aliphatic heterocycles. The molecule has 20 heavy (non-hydrogen) atoms. The summed E-state index contributed by atoms with van der Waals surface area (Å²) in [4.78, 5) is 1.99. The Kier molecular flexibility index (Phi) is 4.73. The fourth-order valence-electron chi connectivity index (χ4n) is 2.04. The van der Waals surface area contributed by atoms with Crippen LogP contribution in [-0.2, 0) is 13.1 Å². The summed E-state index contributed by atoms with van der Waals surface area (Å²) in [7, 11) is 1.91. The molecule has 0 aromatic heterocycles. The summed E-state index contributed by atoms with van der Waals surface area (Å²) in [5.74, 6) is -0.432. The van der Waals surface area contributed by atoms with Gasteiger partial charge in [-0.15, -0.1) is 0 Å². The van der Waals surface area contributed by atoms with Gasteiger partial charge in [0.15, 0.2) is 0 Å². The summed E-state index contributed by atoms with van der Waals surface area (Å²) >= 11 is 5.84. The van der Waals surface area contributed by atoms with E-state index in [1.54, 1.807) is 12.1 Å². The lowest BCUT2D eigenvalue weighted by Gasteiger charge is -2.17. The third-order valence-electron chi connectivity index (χ3n) is 3.01. The maximum absolute atomic E-state index is 14.0. The Bertz CT molecular complexity index is 632. The number of nitriles is 1. The second-order valence-electron chi connectivity index (χ2n) is 4.69.